The van der Waals surface area contributed by atoms with Gasteiger partial charge in [-0.25, -0.2) is 0 Å². The molecule has 0 heterocycles. The number of nitrogens with two attached hydrogens (primary N) is 1. The Labute approximate surface area is 109 Å². The first-order chi connectivity index (χ1) is 8.42. The second-order valence-electron chi connectivity index (χ2n) is 3.56. The third-order valence-corrected chi connectivity index (χ3v) is 2.71. The highest BCUT2D eigenvalue weighted by Gasteiger charge is 2.24. The first-order valence-corrected chi connectivity index (χ1v) is 5.40. The van der Waals surface area contributed by atoms with Gasteiger partial charge >= 0.3 is 5.97 Å². The van der Waals surface area contributed by atoms with Gasteiger partial charge in [0, 0.05) is 17.7 Å². The van der Waals surface area contributed by atoms with Gasteiger partial charge in [0.05, 0.1) is 25.7 Å². The van der Waals surface area contributed by atoms with Gasteiger partial charge in [0.15, 0.2) is 11.5 Å². The summed E-state index contributed by atoms with van der Waals surface area (Å²) >= 11 is 5.95. The van der Waals surface area contributed by atoms with Gasteiger partial charge in [-0.15, -0.1) is 0 Å². The van der Waals surface area contributed by atoms with Crippen LogP contribution in [-0.4, -0.2) is 30.4 Å². The van der Waals surface area contributed by atoms with E-state index < -0.39 is 12.0 Å². The topological polar surface area (TPSA) is 102 Å². The van der Waals surface area contributed by atoms with E-state index in [1.807, 2.05) is 0 Å². The molecule has 1 aromatic carbocycles. The van der Waals surface area contributed by atoms with Crippen molar-refractivity contribution < 1.29 is 24.5 Å². The Bertz CT molecular complexity index is 463. The van der Waals surface area contributed by atoms with Gasteiger partial charge in [0.1, 0.15) is 0 Å². The van der Waals surface area contributed by atoms with Gasteiger partial charge in [0.2, 0.25) is 5.75 Å². The molecule has 0 saturated heterocycles. The minimum atomic E-state index is -1.09. The number of hydrogen-bond donors (Lipinski definition) is 3. The van der Waals surface area contributed by atoms with Gasteiger partial charge in [-0.3, -0.25) is 4.79 Å². The summed E-state index contributed by atoms with van der Waals surface area (Å²) in [7, 11) is 2.74. The molecule has 4 N–H and O–H groups in total. The quantitative estimate of drug-likeness (QED) is 0.753. The lowest BCUT2D eigenvalue weighted by atomic mass is 10.0. The Hall–Kier alpha value is -1.66. The summed E-state index contributed by atoms with van der Waals surface area (Å²) in [6.45, 7) is 0. The molecular formula is C11H14ClNO5. The minimum Gasteiger partial charge on any atom is -0.504 e. The van der Waals surface area contributed by atoms with Crippen LogP contribution >= 0.6 is 11.6 Å². The normalized spacial score (nSPS) is 12.0. The molecule has 6 nitrogen and oxygen atoms in total. The molecule has 7 heteroatoms. The molecule has 1 unspecified atom stereocenters. The first-order valence-electron chi connectivity index (χ1n) is 5.03. The zero-order valence-electron chi connectivity index (χ0n) is 9.94. The van der Waals surface area contributed by atoms with E-state index >= 15 is 0 Å². The van der Waals surface area contributed by atoms with Crippen molar-refractivity contribution in [3.8, 4) is 17.2 Å². The number of carboxylic acid groups (broad SMARTS) is 1. The summed E-state index contributed by atoms with van der Waals surface area (Å²) < 4.78 is 9.97. The molecule has 0 saturated carbocycles. The van der Waals surface area contributed by atoms with Crippen LogP contribution in [0.25, 0.3) is 0 Å². The largest absolute Gasteiger partial charge is 0.504 e. The highest BCUT2D eigenvalue weighted by atomic mass is 35.5. The number of hydrogen-bond acceptors (Lipinski definition) is 5. The van der Waals surface area contributed by atoms with E-state index in [0.29, 0.717) is 0 Å². The Morgan fingerprint density at radius 1 is 1.50 bits per heavy atom. The maximum Gasteiger partial charge on any atom is 0.305 e. The van der Waals surface area contributed by atoms with Gasteiger partial charge in [-0.05, 0) is 0 Å². The SMILES string of the molecule is COc1cc(Cl)c(C(N)CC(=O)O)c(O)c1OC. The number of phenolic OH excluding ortho intramolecular Hbond substituents is 1. The van der Waals surface area contributed by atoms with Crippen molar-refractivity contribution in [1.29, 1.82) is 0 Å². The summed E-state index contributed by atoms with van der Waals surface area (Å²) in [5, 5.41) is 18.8. The molecule has 0 aromatic heterocycles. The molecule has 0 aliphatic rings. The summed E-state index contributed by atoms with van der Waals surface area (Å²) in [6.07, 6.45) is -0.358. The Kier molecular flexibility index (Phi) is 4.63. The van der Waals surface area contributed by atoms with E-state index in [1.54, 1.807) is 0 Å². The average molecular weight is 276 g/mol. The van der Waals surface area contributed by atoms with Crippen LogP contribution in [-0.2, 0) is 4.79 Å². The van der Waals surface area contributed by atoms with E-state index in [4.69, 9.17) is 31.9 Å². The molecule has 0 spiro atoms. The predicted molar refractivity (Wildman–Crippen MR) is 65.4 cm³/mol. The molecule has 0 aliphatic carbocycles. The van der Waals surface area contributed by atoms with Crippen molar-refractivity contribution >= 4 is 17.6 Å². The smallest absolute Gasteiger partial charge is 0.305 e. The van der Waals surface area contributed by atoms with Gasteiger partial charge < -0.3 is 25.4 Å². The molecule has 1 atom stereocenters. The first kappa shape index (κ1) is 14.4. The molecule has 0 amide bonds. The highest BCUT2D eigenvalue weighted by Crippen LogP contribution is 2.45. The van der Waals surface area contributed by atoms with Crippen molar-refractivity contribution in [2.24, 2.45) is 5.73 Å². The molecule has 18 heavy (non-hydrogen) atoms. The lowest BCUT2D eigenvalue weighted by Crippen LogP contribution is -2.16. The van der Waals surface area contributed by atoms with Gasteiger partial charge in [0.25, 0.3) is 0 Å². The third-order valence-electron chi connectivity index (χ3n) is 2.40. The van der Waals surface area contributed by atoms with Crippen molar-refractivity contribution in [1.82, 2.24) is 0 Å². The van der Waals surface area contributed by atoms with Crippen molar-refractivity contribution in [2.45, 2.75) is 12.5 Å². The second-order valence-corrected chi connectivity index (χ2v) is 3.97. The third kappa shape index (κ3) is 2.77. The zero-order chi connectivity index (χ0) is 13.9. The molecular weight excluding hydrogens is 262 g/mol. The lowest BCUT2D eigenvalue weighted by Gasteiger charge is -2.18. The standard InChI is InChI=1S/C11H14ClNO5/c1-17-7-3-5(12)9(6(13)4-8(14)15)10(16)11(7)18-2/h3,6,16H,4,13H2,1-2H3,(H,14,15). The van der Waals surface area contributed by atoms with Crippen LogP contribution in [0.3, 0.4) is 0 Å². The monoisotopic (exact) mass is 275 g/mol. The summed E-state index contributed by atoms with van der Waals surface area (Å²) in [5.41, 5.74) is 5.81. The number of carboxylic acids is 1. The Morgan fingerprint density at radius 2 is 2.11 bits per heavy atom. The van der Waals surface area contributed by atoms with E-state index in [9.17, 15) is 9.90 Å². The molecule has 0 bridgehead atoms. The lowest BCUT2D eigenvalue weighted by molar-refractivity contribution is -0.137. The van der Waals surface area contributed by atoms with Crippen molar-refractivity contribution in [3.05, 3.63) is 16.7 Å². The molecule has 100 valence electrons. The maximum atomic E-state index is 10.6. The molecule has 0 radical (unpaired) electrons. The van der Waals surface area contributed by atoms with Crippen LogP contribution in [0.4, 0.5) is 0 Å². The number of rotatable bonds is 5. The molecule has 1 aromatic rings. The van der Waals surface area contributed by atoms with Crippen molar-refractivity contribution in [2.75, 3.05) is 14.2 Å². The fraction of sp³-hybridized carbons (Fsp3) is 0.364. The number of methoxy groups -OCH3 is 2. The van der Waals surface area contributed by atoms with Gasteiger partial charge in [-0.1, -0.05) is 11.6 Å². The number of benzene rings is 1. The number of aliphatic carboxylic acids is 1. The van der Waals surface area contributed by atoms with Crippen LogP contribution in [0.2, 0.25) is 5.02 Å². The summed E-state index contributed by atoms with van der Waals surface area (Å²) in [4.78, 5) is 10.6. The zero-order valence-corrected chi connectivity index (χ0v) is 10.7. The van der Waals surface area contributed by atoms with E-state index in [0.717, 1.165) is 0 Å². The van der Waals surface area contributed by atoms with E-state index in [-0.39, 0.29) is 34.3 Å². The minimum absolute atomic E-state index is 0.0674. The van der Waals surface area contributed by atoms with Crippen LogP contribution in [0, 0.1) is 0 Å². The fourth-order valence-corrected chi connectivity index (χ4v) is 1.93. The van der Waals surface area contributed by atoms with Crippen LogP contribution in [0.5, 0.6) is 17.2 Å². The van der Waals surface area contributed by atoms with E-state index in [1.165, 1.54) is 20.3 Å². The average Bonchev–Trinajstić information content (AvgIpc) is 2.27. The number of aromatic hydroxyl groups is 1. The Balaban J connectivity index is 3.31. The van der Waals surface area contributed by atoms with E-state index in [2.05, 4.69) is 0 Å². The second kappa shape index (κ2) is 5.79. The number of phenols is 1. The molecule has 1 rings (SSSR count). The molecule has 0 aliphatic heterocycles. The van der Waals surface area contributed by atoms with Crippen LogP contribution < -0.4 is 15.2 Å². The van der Waals surface area contributed by atoms with Crippen LogP contribution in [0.1, 0.15) is 18.0 Å². The Morgan fingerprint density at radius 3 is 2.56 bits per heavy atom. The van der Waals surface area contributed by atoms with Gasteiger partial charge in [-0.2, -0.15) is 0 Å². The number of halogens is 1. The fourth-order valence-electron chi connectivity index (χ4n) is 1.60. The number of carbonyl (C=O) groups is 1. The predicted octanol–water partition coefficient (Wildman–Crippen LogP) is 1.54. The maximum absolute atomic E-state index is 10.6. The van der Waals surface area contributed by atoms with Crippen LogP contribution in [0.15, 0.2) is 6.07 Å². The highest BCUT2D eigenvalue weighted by molar-refractivity contribution is 6.32. The number of ether oxygens (including phenoxy) is 2. The summed E-state index contributed by atoms with van der Waals surface area (Å²) in [5.74, 6) is -1.09. The van der Waals surface area contributed by atoms with Crippen molar-refractivity contribution in [3.63, 3.8) is 0 Å². The molecule has 0 fully saturated rings. The summed E-state index contributed by atoms with van der Waals surface area (Å²) in [6, 6.07) is 0.478.